The van der Waals surface area contributed by atoms with Crippen molar-refractivity contribution in [3.63, 3.8) is 0 Å². The molecule has 2 aromatic carbocycles. The molecular formula is C22H15FN4O3. The zero-order chi connectivity index (χ0) is 21.0. The summed E-state index contributed by atoms with van der Waals surface area (Å²) in [6, 6.07) is 12.7. The van der Waals surface area contributed by atoms with E-state index in [1.165, 1.54) is 30.1 Å². The van der Waals surface area contributed by atoms with Gasteiger partial charge in [-0.2, -0.15) is 5.10 Å². The summed E-state index contributed by atoms with van der Waals surface area (Å²) < 4.78 is 20.5. The molecule has 7 nitrogen and oxygen atoms in total. The number of hydrogen-bond acceptors (Lipinski definition) is 5. The third kappa shape index (κ3) is 2.43. The Bertz CT molecular complexity index is 1360. The number of benzene rings is 2. The molecule has 0 saturated heterocycles. The first-order valence-electron chi connectivity index (χ1n) is 9.17. The number of imide groups is 1. The van der Waals surface area contributed by atoms with Gasteiger partial charge in [0.15, 0.2) is 5.65 Å². The van der Waals surface area contributed by atoms with E-state index in [1.54, 1.807) is 43.3 Å². The van der Waals surface area contributed by atoms with Crippen molar-refractivity contribution in [2.24, 2.45) is 0 Å². The quantitative estimate of drug-likeness (QED) is 0.489. The molecule has 0 spiro atoms. The van der Waals surface area contributed by atoms with Gasteiger partial charge in [-0.15, -0.1) is 0 Å². The molecule has 148 valence electrons. The maximum absolute atomic E-state index is 13.7. The molecule has 0 fully saturated rings. The molecule has 1 aliphatic heterocycles. The van der Waals surface area contributed by atoms with E-state index in [2.05, 4.69) is 10.1 Å². The van der Waals surface area contributed by atoms with E-state index in [1.807, 2.05) is 0 Å². The molecule has 0 atom stereocenters. The second-order valence-corrected chi connectivity index (χ2v) is 6.84. The largest absolute Gasteiger partial charge is 0.495 e. The van der Waals surface area contributed by atoms with Crippen molar-refractivity contribution >= 4 is 28.5 Å². The van der Waals surface area contributed by atoms with Crippen molar-refractivity contribution in [3.05, 3.63) is 77.4 Å². The number of hydrogen-bond donors (Lipinski definition) is 0. The van der Waals surface area contributed by atoms with Gasteiger partial charge in [-0.25, -0.2) is 19.0 Å². The van der Waals surface area contributed by atoms with E-state index in [0.29, 0.717) is 33.9 Å². The molecule has 1 aliphatic rings. The zero-order valence-electron chi connectivity index (χ0n) is 16.1. The van der Waals surface area contributed by atoms with E-state index in [9.17, 15) is 14.0 Å². The Morgan fingerprint density at radius 1 is 1.03 bits per heavy atom. The van der Waals surface area contributed by atoms with Crippen LogP contribution in [0.5, 0.6) is 5.75 Å². The number of aromatic nitrogens is 3. The van der Waals surface area contributed by atoms with Gasteiger partial charge in [0.1, 0.15) is 11.6 Å². The normalized spacial score (nSPS) is 13.2. The number of amides is 2. The van der Waals surface area contributed by atoms with Crippen molar-refractivity contribution in [3.8, 4) is 11.4 Å². The van der Waals surface area contributed by atoms with Crippen LogP contribution in [0.3, 0.4) is 0 Å². The van der Waals surface area contributed by atoms with Gasteiger partial charge in [0, 0.05) is 6.20 Å². The number of rotatable bonds is 3. The standard InChI is InChI=1S/C22H15FN4O3/c1-12-18-19-15(11-24-20(18)27(25-12)14-7-5-6-13(23)10-14)21(28)26(22(19)29)16-8-3-4-9-17(16)30-2/h3-11H,1-2H3. The summed E-state index contributed by atoms with van der Waals surface area (Å²) in [5.74, 6) is -0.965. The van der Waals surface area contributed by atoms with Crippen LogP contribution in [0.1, 0.15) is 26.4 Å². The minimum Gasteiger partial charge on any atom is -0.495 e. The predicted molar refractivity (Wildman–Crippen MR) is 108 cm³/mol. The van der Waals surface area contributed by atoms with Crippen LogP contribution in [0.15, 0.2) is 54.7 Å². The average molecular weight is 402 g/mol. The predicted octanol–water partition coefficient (Wildman–Crippen LogP) is 3.68. The topological polar surface area (TPSA) is 77.3 Å². The molecule has 0 N–H and O–H groups in total. The first-order chi connectivity index (χ1) is 14.5. The van der Waals surface area contributed by atoms with Crippen LogP contribution >= 0.6 is 0 Å². The van der Waals surface area contributed by atoms with Crippen LogP contribution < -0.4 is 9.64 Å². The molecule has 30 heavy (non-hydrogen) atoms. The maximum Gasteiger partial charge on any atom is 0.267 e. The Balaban J connectivity index is 1.73. The number of carbonyl (C=O) groups excluding carboxylic acids is 2. The lowest BCUT2D eigenvalue weighted by Crippen LogP contribution is -2.29. The molecule has 0 bridgehead atoms. The molecule has 3 heterocycles. The second-order valence-electron chi connectivity index (χ2n) is 6.84. The highest BCUT2D eigenvalue weighted by Gasteiger charge is 2.41. The van der Waals surface area contributed by atoms with E-state index >= 15 is 0 Å². The first-order valence-corrected chi connectivity index (χ1v) is 9.17. The Hall–Kier alpha value is -4.07. The average Bonchev–Trinajstić information content (AvgIpc) is 3.22. The number of anilines is 1. The van der Waals surface area contributed by atoms with Crippen LogP contribution in [0.25, 0.3) is 16.7 Å². The van der Waals surface area contributed by atoms with Crippen molar-refractivity contribution in [1.82, 2.24) is 14.8 Å². The number of pyridine rings is 1. The summed E-state index contributed by atoms with van der Waals surface area (Å²) in [7, 11) is 1.48. The number of para-hydroxylation sites is 2. The summed E-state index contributed by atoms with van der Waals surface area (Å²) in [5.41, 5.74) is 2.14. The second kappa shape index (κ2) is 6.48. The van der Waals surface area contributed by atoms with Crippen LogP contribution in [0.2, 0.25) is 0 Å². The third-order valence-electron chi connectivity index (χ3n) is 5.10. The van der Waals surface area contributed by atoms with Gasteiger partial charge in [-0.3, -0.25) is 9.59 Å². The Kier molecular flexibility index (Phi) is 3.89. The number of methoxy groups -OCH3 is 1. The monoisotopic (exact) mass is 402 g/mol. The molecular weight excluding hydrogens is 387 g/mol. The number of fused-ring (bicyclic) bond motifs is 3. The Morgan fingerprint density at radius 2 is 1.83 bits per heavy atom. The smallest absolute Gasteiger partial charge is 0.267 e. The van der Waals surface area contributed by atoms with E-state index in [-0.39, 0.29) is 11.1 Å². The maximum atomic E-state index is 13.7. The molecule has 2 aromatic heterocycles. The minimum atomic E-state index is -0.480. The van der Waals surface area contributed by atoms with Crippen LogP contribution in [-0.2, 0) is 0 Å². The lowest BCUT2D eigenvalue weighted by Gasteiger charge is -2.16. The lowest BCUT2D eigenvalue weighted by molar-refractivity contribution is 0.0925. The van der Waals surface area contributed by atoms with Gasteiger partial charge >= 0.3 is 0 Å². The number of halogens is 1. The lowest BCUT2D eigenvalue weighted by atomic mass is 10.1. The third-order valence-corrected chi connectivity index (χ3v) is 5.10. The van der Waals surface area contributed by atoms with Gasteiger partial charge < -0.3 is 4.74 Å². The highest BCUT2D eigenvalue weighted by atomic mass is 19.1. The fourth-order valence-corrected chi connectivity index (χ4v) is 3.78. The number of ether oxygens (including phenoxy) is 1. The summed E-state index contributed by atoms with van der Waals surface area (Å²) in [5, 5.41) is 4.92. The first kappa shape index (κ1) is 18.0. The number of carbonyl (C=O) groups is 2. The van der Waals surface area contributed by atoms with E-state index < -0.39 is 17.6 Å². The molecule has 0 radical (unpaired) electrons. The van der Waals surface area contributed by atoms with Gasteiger partial charge in [0.2, 0.25) is 0 Å². The Labute approximate surface area is 170 Å². The fourth-order valence-electron chi connectivity index (χ4n) is 3.78. The molecule has 4 aromatic rings. The van der Waals surface area contributed by atoms with Crippen LogP contribution in [0, 0.1) is 12.7 Å². The molecule has 0 unspecified atom stereocenters. The van der Waals surface area contributed by atoms with E-state index in [4.69, 9.17) is 4.74 Å². The minimum absolute atomic E-state index is 0.195. The van der Waals surface area contributed by atoms with E-state index in [0.717, 1.165) is 4.90 Å². The van der Waals surface area contributed by atoms with Crippen molar-refractivity contribution in [2.45, 2.75) is 6.92 Å². The van der Waals surface area contributed by atoms with Gasteiger partial charge in [0.25, 0.3) is 11.8 Å². The number of aryl methyl sites for hydroxylation is 1. The molecule has 2 amide bonds. The molecule has 0 saturated carbocycles. The van der Waals surface area contributed by atoms with Gasteiger partial charge in [0.05, 0.1) is 40.7 Å². The summed E-state index contributed by atoms with van der Waals surface area (Å²) in [6.45, 7) is 1.73. The summed E-state index contributed by atoms with van der Waals surface area (Å²) >= 11 is 0. The van der Waals surface area contributed by atoms with Gasteiger partial charge in [-0.05, 0) is 37.3 Å². The van der Waals surface area contributed by atoms with Crippen molar-refractivity contribution in [1.29, 1.82) is 0 Å². The highest BCUT2D eigenvalue weighted by Crippen LogP contribution is 2.37. The highest BCUT2D eigenvalue weighted by molar-refractivity contribution is 6.37. The molecule has 0 aliphatic carbocycles. The zero-order valence-corrected chi connectivity index (χ0v) is 16.1. The fraction of sp³-hybridized carbons (Fsp3) is 0.0909. The Morgan fingerprint density at radius 3 is 2.60 bits per heavy atom. The van der Waals surface area contributed by atoms with Crippen LogP contribution in [0.4, 0.5) is 10.1 Å². The van der Waals surface area contributed by atoms with Crippen LogP contribution in [-0.4, -0.2) is 33.7 Å². The number of nitrogens with zero attached hydrogens (tertiary/aromatic N) is 4. The van der Waals surface area contributed by atoms with Gasteiger partial charge in [-0.1, -0.05) is 18.2 Å². The molecule has 5 rings (SSSR count). The molecule has 8 heteroatoms. The van der Waals surface area contributed by atoms with Crippen molar-refractivity contribution < 1.29 is 18.7 Å². The summed E-state index contributed by atoms with van der Waals surface area (Å²) in [4.78, 5) is 31.9. The summed E-state index contributed by atoms with van der Waals surface area (Å²) in [6.07, 6.45) is 1.37. The van der Waals surface area contributed by atoms with Crippen molar-refractivity contribution in [2.75, 3.05) is 12.0 Å². The SMILES string of the molecule is COc1ccccc1N1C(=O)c2cnc3c(c(C)nn3-c3cccc(F)c3)c2C1=O.